The molecule has 0 bridgehead atoms. The van der Waals surface area contributed by atoms with E-state index in [1.165, 1.54) is 51.7 Å². The molecular formula is C27H37F3N6O. The third-order valence-electron chi connectivity index (χ3n) is 8.14. The van der Waals surface area contributed by atoms with Crippen LogP contribution >= 0.6 is 0 Å². The molecular weight excluding hydrogens is 481 g/mol. The van der Waals surface area contributed by atoms with Gasteiger partial charge in [0.15, 0.2) is 5.82 Å². The van der Waals surface area contributed by atoms with Gasteiger partial charge in [-0.3, -0.25) is 4.68 Å². The number of likely N-dealkylation sites (tertiary alicyclic amines) is 1. The normalized spacial score (nSPS) is 22.7. The Morgan fingerprint density at radius 3 is 2.46 bits per heavy atom. The first-order chi connectivity index (χ1) is 17.7. The van der Waals surface area contributed by atoms with E-state index in [0.717, 1.165) is 53.5 Å². The highest BCUT2D eigenvalue weighted by Gasteiger charge is 2.37. The van der Waals surface area contributed by atoms with Crippen molar-refractivity contribution in [1.82, 2.24) is 24.9 Å². The molecule has 0 unspecified atom stereocenters. The van der Waals surface area contributed by atoms with Crippen LogP contribution in [0.3, 0.4) is 0 Å². The molecule has 0 radical (unpaired) electrons. The number of alkyl halides is 3. The minimum atomic E-state index is -4.57. The van der Waals surface area contributed by atoms with Crippen molar-refractivity contribution < 1.29 is 19.3 Å². The maximum Gasteiger partial charge on any atom is 0.420 e. The van der Waals surface area contributed by atoms with Crippen molar-refractivity contribution in [1.29, 1.82) is 0 Å². The van der Waals surface area contributed by atoms with Crippen LogP contribution in [0.15, 0.2) is 24.4 Å². The molecule has 2 aromatic heterocycles. The molecule has 0 amide bonds. The van der Waals surface area contributed by atoms with Gasteiger partial charge in [0.1, 0.15) is 5.56 Å². The second-order valence-corrected chi connectivity index (χ2v) is 10.7. The first kappa shape index (κ1) is 25.9. The Hall–Kier alpha value is -2.72. The van der Waals surface area contributed by atoms with Gasteiger partial charge in [0.25, 0.3) is 0 Å². The summed E-state index contributed by atoms with van der Waals surface area (Å²) in [6.07, 6.45) is 4.35. The summed E-state index contributed by atoms with van der Waals surface area (Å²) in [6, 6.07) is 4.35. The third-order valence-corrected chi connectivity index (χ3v) is 8.14. The average molecular weight is 519 g/mol. The number of benzene rings is 1. The first-order valence-electron chi connectivity index (χ1n) is 13.1. The Kier molecular flexibility index (Phi) is 7.40. The van der Waals surface area contributed by atoms with Crippen molar-refractivity contribution in [2.24, 2.45) is 24.8 Å². The van der Waals surface area contributed by atoms with Gasteiger partial charge in [0, 0.05) is 58.5 Å². The van der Waals surface area contributed by atoms with Gasteiger partial charge in [-0.05, 0) is 68.1 Å². The van der Waals surface area contributed by atoms with Crippen molar-refractivity contribution in [3.63, 3.8) is 0 Å². The van der Waals surface area contributed by atoms with E-state index in [0.29, 0.717) is 5.56 Å². The monoisotopic (exact) mass is 518 g/mol. The largest absolute Gasteiger partial charge is 0.420 e. The zero-order valence-corrected chi connectivity index (χ0v) is 21.5. The Labute approximate surface area is 216 Å². The lowest BCUT2D eigenvalue weighted by molar-refractivity contribution is -0.137. The van der Waals surface area contributed by atoms with Crippen LogP contribution in [0.25, 0.3) is 22.2 Å². The second-order valence-electron chi connectivity index (χ2n) is 10.7. The van der Waals surface area contributed by atoms with Gasteiger partial charge in [0.05, 0.1) is 11.2 Å². The fraction of sp³-hybridized carbons (Fsp3) is 0.593. The predicted octanol–water partition coefficient (Wildman–Crippen LogP) is 5.33. The van der Waals surface area contributed by atoms with E-state index in [9.17, 15) is 13.2 Å². The molecule has 1 aromatic carbocycles. The summed E-state index contributed by atoms with van der Waals surface area (Å²) in [7, 11) is 1.78. The number of ether oxygens (including phenoxy) is 1. The molecule has 37 heavy (non-hydrogen) atoms. The van der Waals surface area contributed by atoms with Crippen LogP contribution in [0, 0.1) is 24.7 Å². The lowest BCUT2D eigenvalue weighted by atomic mass is 10.00. The molecule has 3 aromatic rings. The molecule has 4 heterocycles. The van der Waals surface area contributed by atoms with E-state index in [1.54, 1.807) is 23.9 Å². The number of hydrogen-bond acceptors (Lipinski definition) is 6. The SMILES string of the molecule is C1C[C@@H]2CN(CC3CCOCC3)C[C@@H]2C1.Cc1c(-c2cc(C(F)(F)F)c(N)nn2)ccc2nn(C)cc12.[HH]. The van der Waals surface area contributed by atoms with Gasteiger partial charge in [-0.25, -0.2) is 0 Å². The highest BCUT2D eigenvalue weighted by molar-refractivity contribution is 5.88. The number of nitrogen functional groups attached to an aromatic ring is 1. The van der Waals surface area contributed by atoms with Crippen LogP contribution in [0.1, 0.15) is 44.7 Å². The van der Waals surface area contributed by atoms with Gasteiger partial charge in [-0.1, -0.05) is 12.5 Å². The van der Waals surface area contributed by atoms with E-state index in [1.807, 2.05) is 13.1 Å². The summed E-state index contributed by atoms with van der Waals surface area (Å²) in [5, 5.41) is 12.3. The molecule has 2 saturated heterocycles. The number of hydrogen-bond donors (Lipinski definition) is 1. The maximum absolute atomic E-state index is 12.9. The number of nitrogens with two attached hydrogens (primary N) is 1. The molecule has 2 N–H and O–H groups in total. The summed E-state index contributed by atoms with van der Waals surface area (Å²) >= 11 is 0. The summed E-state index contributed by atoms with van der Waals surface area (Å²) < 4.78 is 45.9. The molecule has 202 valence electrons. The zero-order valence-electron chi connectivity index (χ0n) is 21.5. The van der Waals surface area contributed by atoms with Gasteiger partial charge < -0.3 is 15.4 Å². The average Bonchev–Trinajstić information content (AvgIpc) is 3.55. The molecule has 2 atom stereocenters. The number of rotatable bonds is 3. The van der Waals surface area contributed by atoms with Crippen LogP contribution in [0.4, 0.5) is 19.0 Å². The van der Waals surface area contributed by atoms with Gasteiger partial charge >= 0.3 is 6.18 Å². The van der Waals surface area contributed by atoms with E-state index in [2.05, 4.69) is 20.2 Å². The highest BCUT2D eigenvalue weighted by atomic mass is 19.4. The second kappa shape index (κ2) is 10.6. The Balaban J connectivity index is 0.000000184. The van der Waals surface area contributed by atoms with E-state index >= 15 is 0 Å². The lowest BCUT2D eigenvalue weighted by Crippen LogP contribution is -2.31. The number of fused-ring (bicyclic) bond motifs is 2. The summed E-state index contributed by atoms with van der Waals surface area (Å²) in [6.45, 7) is 7.99. The molecule has 10 heteroatoms. The molecule has 0 spiro atoms. The van der Waals surface area contributed by atoms with Gasteiger partial charge in [0.2, 0.25) is 0 Å². The number of halogens is 3. The van der Waals surface area contributed by atoms with Gasteiger partial charge in [-0.15, -0.1) is 10.2 Å². The standard InChI is InChI=1S/C14H12F3N5.C13H23NO.H2/c1-7-8(3-4-11-9(7)6-22(2)21-11)12-5-10(14(15,16)17)13(18)20-19-12;1-2-12-9-14(10-13(12)3-1)8-11-4-6-15-7-5-11;/h3-6H,1-2H3,(H2,18,20);11-13H,1-10H2;1H/t;12-,13+;. The molecule has 3 fully saturated rings. The molecule has 3 aliphatic rings. The van der Waals surface area contributed by atoms with E-state index in [4.69, 9.17) is 10.5 Å². The van der Waals surface area contributed by atoms with E-state index in [-0.39, 0.29) is 7.12 Å². The van der Waals surface area contributed by atoms with E-state index < -0.39 is 17.6 Å². The zero-order chi connectivity index (χ0) is 26.2. The van der Waals surface area contributed by atoms with Crippen LogP contribution in [-0.4, -0.2) is 57.7 Å². The number of anilines is 1. The Morgan fingerprint density at radius 2 is 1.78 bits per heavy atom. The molecule has 1 aliphatic carbocycles. The van der Waals surface area contributed by atoms with Crippen LogP contribution < -0.4 is 5.73 Å². The number of nitrogens with zero attached hydrogens (tertiary/aromatic N) is 5. The Bertz CT molecular complexity index is 1230. The first-order valence-corrected chi connectivity index (χ1v) is 13.1. The van der Waals surface area contributed by atoms with Crippen LogP contribution in [0.5, 0.6) is 0 Å². The van der Waals surface area contributed by atoms with Gasteiger partial charge in [-0.2, -0.15) is 18.3 Å². The van der Waals surface area contributed by atoms with Crippen molar-refractivity contribution in [3.8, 4) is 11.3 Å². The predicted molar refractivity (Wildman–Crippen MR) is 139 cm³/mol. The minimum absolute atomic E-state index is 0. The maximum atomic E-state index is 12.9. The highest BCUT2D eigenvalue weighted by Crippen LogP contribution is 2.38. The molecule has 2 aliphatic heterocycles. The van der Waals surface area contributed by atoms with Crippen LogP contribution in [0.2, 0.25) is 0 Å². The molecule has 6 rings (SSSR count). The number of aryl methyl sites for hydroxylation is 2. The van der Waals surface area contributed by atoms with Crippen molar-refractivity contribution in [2.45, 2.75) is 45.2 Å². The smallest absolute Gasteiger partial charge is 0.382 e. The van der Waals surface area contributed by atoms with Crippen molar-refractivity contribution in [2.75, 3.05) is 38.6 Å². The van der Waals surface area contributed by atoms with Crippen LogP contribution in [-0.2, 0) is 18.0 Å². The topological polar surface area (TPSA) is 82.1 Å². The summed E-state index contributed by atoms with van der Waals surface area (Å²) in [4.78, 5) is 2.74. The lowest BCUT2D eigenvalue weighted by Gasteiger charge is -2.27. The molecule has 7 nitrogen and oxygen atoms in total. The molecule has 1 saturated carbocycles. The number of aromatic nitrogens is 4. The third kappa shape index (κ3) is 5.75. The summed E-state index contributed by atoms with van der Waals surface area (Å²) in [5.41, 5.74) is 6.55. The minimum Gasteiger partial charge on any atom is -0.382 e. The summed E-state index contributed by atoms with van der Waals surface area (Å²) in [5.74, 6) is 2.42. The fourth-order valence-corrected chi connectivity index (χ4v) is 6.16. The fourth-order valence-electron chi connectivity index (χ4n) is 6.16. The Morgan fingerprint density at radius 1 is 1.08 bits per heavy atom. The van der Waals surface area contributed by atoms with Crippen molar-refractivity contribution in [3.05, 3.63) is 35.5 Å². The quantitative estimate of drug-likeness (QED) is 0.505. The van der Waals surface area contributed by atoms with Crippen molar-refractivity contribution >= 4 is 16.7 Å².